The number of anilines is 2. The van der Waals surface area contributed by atoms with Crippen LogP contribution in [0.2, 0.25) is 0 Å². The van der Waals surface area contributed by atoms with Crippen LogP contribution in [0.5, 0.6) is 0 Å². The number of nitrogens with zero attached hydrogens (tertiary/aromatic N) is 5. The van der Waals surface area contributed by atoms with Crippen LogP contribution in [0.15, 0.2) is 36.7 Å². The van der Waals surface area contributed by atoms with Crippen molar-refractivity contribution in [1.29, 1.82) is 0 Å². The maximum Gasteiger partial charge on any atom is 0.188 e. The smallest absolute Gasteiger partial charge is 0.188 e. The Bertz CT molecular complexity index is 985. The van der Waals surface area contributed by atoms with Crippen molar-refractivity contribution >= 4 is 38.4 Å². The van der Waals surface area contributed by atoms with Gasteiger partial charge in [-0.15, -0.1) is 0 Å². The largest absolute Gasteiger partial charge is 0.355 e. The zero-order valence-electron chi connectivity index (χ0n) is 15.8. The number of rotatable bonds is 6. The molecule has 0 unspecified atom stereocenters. The molecule has 144 valence electrons. The van der Waals surface area contributed by atoms with Crippen LogP contribution in [-0.2, 0) is 11.2 Å². The van der Waals surface area contributed by atoms with Crippen molar-refractivity contribution in [3.05, 3.63) is 42.2 Å². The molecule has 4 heterocycles. The van der Waals surface area contributed by atoms with Gasteiger partial charge < -0.3 is 9.80 Å². The Labute approximate surface area is 168 Å². The number of carbonyl (C=O) groups is 1. The molecular formula is C21H23N5OS. The molecule has 1 atom stereocenters. The topological polar surface area (TPSA) is 62.2 Å². The highest BCUT2D eigenvalue weighted by Gasteiger charge is 2.33. The molecule has 28 heavy (non-hydrogen) atoms. The molecule has 6 nitrogen and oxygen atoms in total. The van der Waals surface area contributed by atoms with Crippen LogP contribution < -0.4 is 9.80 Å². The lowest BCUT2D eigenvalue weighted by Gasteiger charge is -2.31. The van der Waals surface area contributed by atoms with Gasteiger partial charge >= 0.3 is 0 Å². The molecule has 2 saturated heterocycles. The summed E-state index contributed by atoms with van der Waals surface area (Å²) in [5, 5.41) is 0.910. The molecule has 7 heteroatoms. The van der Waals surface area contributed by atoms with Gasteiger partial charge in [-0.2, -0.15) is 4.98 Å². The fourth-order valence-corrected chi connectivity index (χ4v) is 5.13. The quantitative estimate of drug-likeness (QED) is 0.639. The maximum absolute atomic E-state index is 12.9. The molecule has 2 fully saturated rings. The number of fused-ring (bicyclic) bond motifs is 1. The van der Waals surface area contributed by atoms with Crippen molar-refractivity contribution in [1.82, 2.24) is 15.0 Å². The molecule has 2 aliphatic heterocycles. The number of benzene rings is 1. The number of hydrogen-bond acceptors (Lipinski definition) is 7. The third-order valence-corrected chi connectivity index (χ3v) is 6.77. The van der Waals surface area contributed by atoms with Gasteiger partial charge in [0.2, 0.25) is 0 Å². The summed E-state index contributed by atoms with van der Waals surface area (Å²) in [4.78, 5) is 31.0. The SMILES string of the molecule is O=C(CCc1ccccc1)[C@H]1CCCN1c1nc2ncnc(N3CCC3)c2s1. The van der Waals surface area contributed by atoms with Gasteiger partial charge in [0.15, 0.2) is 22.4 Å². The monoisotopic (exact) mass is 393 g/mol. The summed E-state index contributed by atoms with van der Waals surface area (Å²) in [5.41, 5.74) is 1.97. The number of hydrogen-bond donors (Lipinski definition) is 0. The maximum atomic E-state index is 12.9. The van der Waals surface area contributed by atoms with E-state index < -0.39 is 0 Å². The molecule has 0 saturated carbocycles. The van der Waals surface area contributed by atoms with Crippen LogP contribution in [0, 0.1) is 0 Å². The second kappa shape index (κ2) is 7.47. The standard InChI is InChI=1S/C21H23N5OS/c27-17(10-9-15-6-2-1-3-7-15)16-8-4-13-26(16)21-24-19-18(28-21)20(23-14-22-19)25-11-5-12-25/h1-3,6-7,14,16H,4-5,8-13H2/t16-/m1/s1. The number of carbonyl (C=O) groups excluding carboxylic acids is 1. The molecule has 0 aliphatic carbocycles. The van der Waals surface area contributed by atoms with E-state index >= 15 is 0 Å². The third kappa shape index (κ3) is 3.24. The van der Waals surface area contributed by atoms with Crippen LogP contribution in [0.4, 0.5) is 10.9 Å². The minimum atomic E-state index is -0.0651. The van der Waals surface area contributed by atoms with Gasteiger partial charge in [0.05, 0.1) is 6.04 Å². The van der Waals surface area contributed by atoms with E-state index in [0.717, 1.165) is 60.2 Å². The van der Waals surface area contributed by atoms with E-state index in [2.05, 4.69) is 31.9 Å². The third-order valence-electron chi connectivity index (χ3n) is 5.69. The van der Waals surface area contributed by atoms with Gasteiger partial charge in [-0.3, -0.25) is 4.79 Å². The van der Waals surface area contributed by atoms with Crippen molar-refractivity contribution in [2.75, 3.05) is 29.4 Å². The number of thiazole rings is 1. The van der Waals surface area contributed by atoms with Crippen molar-refractivity contribution < 1.29 is 4.79 Å². The molecule has 0 N–H and O–H groups in total. The summed E-state index contributed by atoms with van der Waals surface area (Å²) >= 11 is 1.63. The summed E-state index contributed by atoms with van der Waals surface area (Å²) < 4.78 is 1.04. The van der Waals surface area contributed by atoms with Crippen LogP contribution in [0.25, 0.3) is 10.3 Å². The molecule has 1 aromatic carbocycles. The Morgan fingerprint density at radius 3 is 2.75 bits per heavy atom. The zero-order valence-corrected chi connectivity index (χ0v) is 16.6. The average Bonchev–Trinajstić information content (AvgIpc) is 3.32. The van der Waals surface area contributed by atoms with Crippen LogP contribution in [-0.4, -0.2) is 46.4 Å². The molecule has 5 rings (SSSR count). The Hall–Kier alpha value is -2.54. The van der Waals surface area contributed by atoms with Gasteiger partial charge in [0.1, 0.15) is 11.0 Å². The van der Waals surface area contributed by atoms with Crippen molar-refractivity contribution in [2.24, 2.45) is 0 Å². The number of ketones is 1. The van der Waals surface area contributed by atoms with Crippen molar-refractivity contribution in [3.63, 3.8) is 0 Å². The lowest BCUT2D eigenvalue weighted by Crippen LogP contribution is -2.37. The molecule has 2 aliphatic rings. The molecule has 3 aromatic rings. The van der Waals surface area contributed by atoms with E-state index in [9.17, 15) is 4.79 Å². The Morgan fingerprint density at radius 1 is 1.11 bits per heavy atom. The second-order valence-electron chi connectivity index (χ2n) is 7.49. The second-order valence-corrected chi connectivity index (χ2v) is 8.47. The van der Waals surface area contributed by atoms with Crippen LogP contribution >= 0.6 is 11.3 Å². The highest BCUT2D eigenvalue weighted by Crippen LogP contribution is 2.37. The first-order valence-electron chi connectivity index (χ1n) is 9.99. The fourth-order valence-electron chi connectivity index (χ4n) is 4.02. The van der Waals surface area contributed by atoms with E-state index in [1.54, 1.807) is 17.7 Å². The van der Waals surface area contributed by atoms with Gasteiger partial charge in [-0.25, -0.2) is 9.97 Å². The molecule has 0 spiro atoms. The predicted octanol–water partition coefficient (Wildman–Crippen LogP) is 3.47. The first kappa shape index (κ1) is 17.6. The summed E-state index contributed by atoms with van der Waals surface area (Å²) in [7, 11) is 0. The van der Waals surface area contributed by atoms with E-state index in [1.807, 2.05) is 18.2 Å². The Balaban J connectivity index is 1.35. The Kier molecular flexibility index (Phi) is 4.68. The molecule has 0 bridgehead atoms. The number of aromatic nitrogens is 3. The van der Waals surface area contributed by atoms with Crippen LogP contribution in [0.1, 0.15) is 31.2 Å². The van der Waals surface area contributed by atoms with E-state index in [-0.39, 0.29) is 6.04 Å². The first-order valence-corrected chi connectivity index (χ1v) is 10.8. The van der Waals surface area contributed by atoms with Gasteiger partial charge in [0, 0.05) is 26.1 Å². The fraction of sp³-hybridized carbons (Fsp3) is 0.429. The normalized spacial score (nSPS) is 19.2. The molecule has 2 aromatic heterocycles. The summed E-state index contributed by atoms with van der Waals surface area (Å²) in [5.74, 6) is 1.31. The summed E-state index contributed by atoms with van der Waals surface area (Å²) in [6.45, 7) is 2.97. The highest BCUT2D eigenvalue weighted by atomic mass is 32.1. The lowest BCUT2D eigenvalue weighted by molar-refractivity contribution is -0.120. The van der Waals surface area contributed by atoms with Gasteiger partial charge in [-0.05, 0) is 31.2 Å². The number of Topliss-reactive ketones (excluding diaryl/α,β-unsaturated/α-hetero) is 1. The van der Waals surface area contributed by atoms with Gasteiger partial charge in [-0.1, -0.05) is 41.7 Å². The van der Waals surface area contributed by atoms with Gasteiger partial charge in [0.25, 0.3) is 0 Å². The number of aryl methyl sites for hydroxylation is 1. The van der Waals surface area contributed by atoms with E-state index in [0.29, 0.717) is 12.2 Å². The lowest BCUT2D eigenvalue weighted by atomic mass is 10.0. The zero-order chi connectivity index (χ0) is 18.9. The van der Waals surface area contributed by atoms with Crippen molar-refractivity contribution in [2.45, 2.75) is 38.1 Å². The van der Waals surface area contributed by atoms with E-state index in [4.69, 9.17) is 4.98 Å². The molecular weight excluding hydrogens is 370 g/mol. The van der Waals surface area contributed by atoms with Crippen molar-refractivity contribution in [3.8, 4) is 0 Å². The van der Waals surface area contributed by atoms with E-state index in [1.165, 1.54) is 12.0 Å². The minimum absolute atomic E-state index is 0.0651. The first-order chi connectivity index (χ1) is 13.8. The Morgan fingerprint density at radius 2 is 1.96 bits per heavy atom. The predicted molar refractivity (Wildman–Crippen MR) is 112 cm³/mol. The average molecular weight is 394 g/mol. The summed E-state index contributed by atoms with van der Waals surface area (Å²) in [6, 6.07) is 10.2. The molecule has 0 radical (unpaired) electrons. The minimum Gasteiger partial charge on any atom is -0.355 e. The van der Waals surface area contributed by atoms with Crippen LogP contribution in [0.3, 0.4) is 0 Å². The summed E-state index contributed by atoms with van der Waals surface area (Å²) in [6.07, 6.45) is 6.13. The highest BCUT2D eigenvalue weighted by molar-refractivity contribution is 7.22. The molecule has 0 amide bonds.